The van der Waals surface area contributed by atoms with E-state index in [0.717, 1.165) is 5.56 Å². The highest BCUT2D eigenvalue weighted by atomic mass is 16.2. The Balaban J connectivity index is 1.97. The van der Waals surface area contributed by atoms with Gasteiger partial charge in [0.05, 0.1) is 6.54 Å². The molecule has 1 heterocycles. The van der Waals surface area contributed by atoms with Crippen LogP contribution < -0.4 is 5.56 Å². The van der Waals surface area contributed by atoms with E-state index in [0.29, 0.717) is 17.8 Å². The minimum absolute atomic E-state index is 0.210. The van der Waals surface area contributed by atoms with Gasteiger partial charge < -0.3 is 0 Å². The van der Waals surface area contributed by atoms with Gasteiger partial charge >= 0.3 is 0 Å². The van der Waals surface area contributed by atoms with Crippen LogP contribution in [0.5, 0.6) is 0 Å². The fourth-order valence-corrected chi connectivity index (χ4v) is 2.48. The molecule has 110 valence electrons. The van der Waals surface area contributed by atoms with Gasteiger partial charge in [0, 0.05) is 11.3 Å². The van der Waals surface area contributed by atoms with E-state index in [9.17, 15) is 9.59 Å². The third kappa shape index (κ3) is 2.63. The third-order valence-corrected chi connectivity index (χ3v) is 3.58. The summed E-state index contributed by atoms with van der Waals surface area (Å²) in [6.45, 7) is 2.17. The van der Waals surface area contributed by atoms with Crippen LogP contribution in [-0.2, 0) is 6.54 Å². The van der Waals surface area contributed by atoms with Crippen LogP contribution in [0.15, 0.2) is 65.5 Å². The monoisotopic (exact) mass is 292 g/mol. The number of nitrogens with one attached hydrogen (secondary N) is 1. The molecule has 2 aromatic carbocycles. The quantitative estimate of drug-likeness (QED) is 0.752. The number of aromatic amines is 1. The molecule has 0 saturated heterocycles. The molecule has 4 nitrogen and oxygen atoms in total. The average Bonchev–Trinajstić information content (AvgIpc) is 2.82. The van der Waals surface area contributed by atoms with Crippen LogP contribution in [0.1, 0.15) is 27.2 Å². The first-order chi connectivity index (χ1) is 10.7. The zero-order chi connectivity index (χ0) is 15.5. The van der Waals surface area contributed by atoms with Gasteiger partial charge in [0.2, 0.25) is 0 Å². The first-order valence-electron chi connectivity index (χ1n) is 7.10. The summed E-state index contributed by atoms with van der Waals surface area (Å²) in [5.74, 6) is -0.244. The largest absolute Gasteiger partial charge is 0.299 e. The van der Waals surface area contributed by atoms with Crippen molar-refractivity contribution in [2.75, 3.05) is 0 Å². The highest BCUT2D eigenvalue weighted by Crippen LogP contribution is 2.10. The molecule has 0 bridgehead atoms. The second-order valence-corrected chi connectivity index (χ2v) is 5.18. The second kappa shape index (κ2) is 5.85. The van der Waals surface area contributed by atoms with Gasteiger partial charge in [0.15, 0.2) is 5.78 Å². The van der Waals surface area contributed by atoms with Crippen molar-refractivity contribution in [3.8, 4) is 0 Å². The molecule has 0 saturated carbocycles. The summed E-state index contributed by atoms with van der Waals surface area (Å²) < 4.78 is 1.47. The number of carbonyl (C=O) groups is 1. The lowest BCUT2D eigenvalue weighted by Gasteiger charge is -2.01. The second-order valence-electron chi connectivity index (χ2n) is 5.18. The molecule has 1 aromatic heterocycles. The summed E-state index contributed by atoms with van der Waals surface area (Å²) >= 11 is 0. The van der Waals surface area contributed by atoms with Crippen molar-refractivity contribution in [1.29, 1.82) is 0 Å². The molecule has 0 aliphatic carbocycles. The van der Waals surface area contributed by atoms with Gasteiger partial charge in [-0.1, -0.05) is 60.7 Å². The molecule has 3 aromatic rings. The maximum atomic E-state index is 12.5. The van der Waals surface area contributed by atoms with Gasteiger partial charge in [-0.05, 0) is 12.5 Å². The third-order valence-electron chi connectivity index (χ3n) is 3.58. The number of rotatable bonds is 4. The van der Waals surface area contributed by atoms with E-state index in [1.165, 1.54) is 4.68 Å². The van der Waals surface area contributed by atoms with E-state index < -0.39 is 0 Å². The number of nitrogens with zero attached hydrogens (tertiary/aromatic N) is 1. The van der Waals surface area contributed by atoms with E-state index in [1.54, 1.807) is 31.2 Å². The highest BCUT2D eigenvalue weighted by molar-refractivity contribution is 6.09. The molecule has 4 heteroatoms. The van der Waals surface area contributed by atoms with Crippen molar-refractivity contribution < 1.29 is 4.79 Å². The van der Waals surface area contributed by atoms with Gasteiger partial charge in [-0.15, -0.1) is 0 Å². The van der Waals surface area contributed by atoms with Crippen molar-refractivity contribution in [3.05, 3.63) is 93.4 Å². The van der Waals surface area contributed by atoms with Crippen LogP contribution in [0, 0.1) is 6.92 Å². The molecular formula is C18H16N2O2. The normalized spacial score (nSPS) is 10.6. The topological polar surface area (TPSA) is 54.9 Å². The summed E-state index contributed by atoms with van der Waals surface area (Å²) in [6, 6.07) is 18.5. The molecule has 1 N–H and O–H groups in total. The van der Waals surface area contributed by atoms with Crippen LogP contribution in [0.2, 0.25) is 0 Å². The van der Waals surface area contributed by atoms with Crippen molar-refractivity contribution >= 4 is 5.78 Å². The van der Waals surface area contributed by atoms with E-state index in [2.05, 4.69) is 5.10 Å². The maximum Gasteiger partial charge on any atom is 0.278 e. The van der Waals surface area contributed by atoms with E-state index in [4.69, 9.17) is 0 Å². The predicted molar refractivity (Wildman–Crippen MR) is 85.2 cm³/mol. The Kier molecular flexibility index (Phi) is 3.74. The summed E-state index contributed by atoms with van der Waals surface area (Å²) in [5, 5.41) is 3.00. The van der Waals surface area contributed by atoms with Crippen molar-refractivity contribution in [3.63, 3.8) is 0 Å². The average molecular weight is 292 g/mol. The van der Waals surface area contributed by atoms with Crippen molar-refractivity contribution in [2.45, 2.75) is 13.5 Å². The molecule has 0 spiro atoms. The molecule has 0 atom stereocenters. The first kappa shape index (κ1) is 14.1. The molecule has 22 heavy (non-hydrogen) atoms. The van der Waals surface area contributed by atoms with Crippen LogP contribution in [-0.4, -0.2) is 15.6 Å². The predicted octanol–water partition coefficient (Wildman–Crippen LogP) is 2.76. The fourth-order valence-electron chi connectivity index (χ4n) is 2.48. The molecule has 0 aliphatic rings. The standard InChI is InChI=1S/C18H16N2O2/c1-13-16(17(21)15-10-6-3-7-11-15)18(22)20(19-13)12-14-8-4-2-5-9-14/h2-11,19H,12H2,1H3. The minimum atomic E-state index is -0.282. The Labute approximate surface area is 128 Å². The smallest absolute Gasteiger partial charge is 0.278 e. The number of H-pyrrole nitrogens is 1. The maximum absolute atomic E-state index is 12.5. The Bertz CT molecular complexity index is 846. The molecule has 0 amide bonds. The number of aryl methyl sites for hydroxylation is 1. The van der Waals surface area contributed by atoms with E-state index in [1.807, 2.05) is 36.4 Å². The van der Waals surface area contributed by atoms with Crippen LogP contribution in [0.25, 0.3) is 0 Å². The lowest BCUT2D eigenvalue weighted by molar-refractivity contribution is 0.103. The van der Waals surface area contributed by atoms with Crippen LogP contribution in [0.3, 0.4) is 0 Å². The molecule has 0 unspecified atom stereocenters. The first-order valence-corrected chi connectivity index (χ1v) is 7.10. The van der Waals surface area contributed by atoms with Gasteiger partial charge in [0.1, 0.15) is 5.56 Å². The number of aromatic nitrogens is 2. The Morgan fingerprint density at radius 3 is 2.23 bits per heavy atom. The SMILES string of the molecule is Cc1[nH]n(Cc2ccccc2)c(=O)c1C(=O)c1ccccc1. The highest BCUT2D eigenvalue weighted by Gasteiger charge is 2.19. The fraction of sp³-hybridized carbons (Fsp3) is 0.111. The Hall–Kier alpha value is -2.88. The molecule has 0 fully saturated rings. The number of ketones is 1. The van der Waals surface area contributed by atoms with E-state index in [-0.39, 0.29) is 16.9 Å². The van der Waals surface area contributed by atoms with Gasteiger partial charge in [-0.25, -0.2) is 4.68 Å². The van der Waals surface area contributed by atoms with E-state index >= 15 is 0 Å². The van der Waals surface area contributed by atoms with Crippen molar-refractivity contribution in [1.82, 2.24) is 9.78 Å². The van der Waals surface area contributed by atoms with Crippen LogP contribution in [0.4, 0.5) is 0 Å². The summed E-state index contributed by atoms with van der Waals surface area (Å²) in [5.41, 5.74) is 2.05. The van der Waals surface area contributed by atoms with Gasteiger partial charge in [-0.2, -0.15) is 0 Å². The number of benzene rings is 2. The number of hydrogen-bond donors (Lipinski definition) is 1. The Morgan fingerprint density at radius 1 is 1.00 bits per heavy atom. The molecule has 3 rings (SSSR count). The Morgan fingerprint density at radius 2 is 1.59 bits per heavy atom. The number of hydrogen-bond acceptors (Lipinski definition) is 2. The zero-order valence-electron chi connectivity index (χ0n) is 12.2. The number of carbonyl (C=O) groups excluding carboxylic acids is 1. The summed E-state index contributed by atoms with van der Waals surface area (Å²) in [4.78, 5) is 25.0. The van der Waals surface area contributed by atoms with Gasteiger partial charge in [-0.3, -0.25) is 14.7 Å². The zero-order valence-corrected chi connectivity index (χ0v) is 12.2. The molecule has 0 radical (unpaired) electrons. The summed E-state index contributed by atoms with van der Waals surface area (Å²) in [7, 11) is 0. The lowest BCUT2D eigenvalue weighted by atomic mass is 10.0. The lowest BCUT2D eigenvalue weighted by Crippen LogP contribution is -2.22. The minimum Gasteiger partial charge on any atom is -0.299 e. The molecule has 0 aliphatic heterocycles. The van der Waals surface area contributed by atoms with Gasteiger partial charge in [0.25, 0.3) is 5.56 Å². The van der Waals surface area contributed by atoms with Crippen molar-refractivity contribution in [2.24, 2.45) is 0 Å². The summed E-state index contributed by atoms with van der Waals surface area (Å²) in [6.07, 6.45) is 0. The molecular weight excluding hydrogens is 276 g/mol. The van der Waals surface area contributed by atoms with Crippen LogP contribution >= 0.6 is 0 Å².